The van der Waals surface area contributed by atoms with E-state index in [-0.39, 0.29) is 34.6 Å². The van der Waals surface area contributed by atoms with Gasteiger partial charge in [0.25, 0.3) is 5.56 Å². The summed E-state index contributed by atoms with van der Waals surface area (Å²) in [5.41, 5.74) is 3.21. The first-order valence-corrected chi connectivity index (χ1v) is 9.23. The maximum absolute atomic E-state index is 14.1. The highest BCUT2D eigenvalue weighted by Crippen LogP contribution is 2.44. The molecule has 6 nitrogen and oxygen atoms in total. The first kappa shape index (κ1) is 19.3. The summed E-state index contributed by atoms with van der Waals surface area (Å²) in [7, 11) is 0. The van der Waals surface area contributed by atoms with Crippen LogP contribution in [-0.4, -0.2) is 20.8 Å². The number of nitrogens with zero attached hydrogens (tertiary/aromatic N) is 2. The molecule has 29 heavy (non-hydrogen) atoms. The summed E-state index contributed by atoms with van der Waals surface area (Å²) in [5.74, 6) is 4.97. The van der Waals surface area contributed by atoms with Crippen LogP contribution in [0, 0.1) is 17.8 Å². The van der Waals surface area contributed by atoms with Gasteiger partial charge in [0, 0.05) is 29.6 Å². The van der Waals surface area contributed by atoms with E-state index in [9.17, 15) is 18.0 Å². The summed E-state index contributed by atoms with van der Waals surface area (Å²) < 4.78 is 43.8. The molecular formula is C19H16F3N5OS. The van der Waals surface area contributed by atoms with Crippen molar-refractivity contribution < 1.29 is 13.2 Å². The van der Waals surface area contributed by atoms with E-state index in [2.05, 4.69) is 27.5 Å². The molecule has 0 amide bonds. The van der Waals surface area contributed by atoms with E-state index < -0.39 is 17.3 Å². The lowest BCUT2D eigenvalue weighted by atomic mass is 9.85. The average molecular weight is 419 g/mol. The molecule has 1 aromatic carbocycles. The van der Waals surface area contributed by atoms with Gasteiger partial charge in [0.2, 0.25) is 5.54 Å². The van der Waals surface area contributed by atoms with E-state index in [0.717, 1.165) is 12.8 Å². The number of thiocarbonyl (C=S) groups is 1. The third-order valence-corrected chi connectivity index (χ3v) is 5.00. The second-order valence-electron chi connectivity index (χ2n) is 7.00. The quantitative estimate of drug-likeness (QED) is 0.512. The van der Waals surface area contributed by atoms with Crippen molar-refractivity contribution in [1.82, 2.24) is 14.9 Å². The first-order chi connectivity index (χ1) is 13.7. The Hall–Kier alpha value is -3.06. The molecule has 1 aromatic heterocycles. The number of aromatic nitrogens is 2. The van der Waals surface area contributed by atoms with Crippen LogP contribution in [0.25, 0.3) is 0 Å². The molecule has 1 aliphatic heterocycles. The van der Waals surface area contributed by atoms with Crippen LogP contribution < -0.4 is 21.9 Å². The van der Waals surface area contributed by atoms with Gasteiger partial charge < -0.3 is 20.9 Å². The maximum atomic E-state index is 14.1. The summed E-state index contributed by atoms with van der Waals surface area (Å²) in [6.07, 6.45) is -0.236. The monoisotopic (exact) mass is 419 g/mol. The van der Waals surface area contributed by atoms with E-state index in [4.69, 9.17) is 18.0 Å². The minimum atomic E-state index is -4.69. The lowest BCUT2D eigenvalue weighted by Gasteiger charge is -2.38. The Morgan fingerprint density at radius 3 is 2.83 bits per heavy atom. The fraction of sp³-hybridized carbons (Fsp3) is 0.316. The predicted molar refractivity (Wildman–Crippen MR) is 106 cm³/mol. The number of nitrogens with two attached hydrogens (primary N) is 1. The highest BCUT2D eigenvalue weighted by atomic mass is 32.1. The minimum absolute atomic E-state index is 0.00812. The topological polar surface area (TPSA) is 85.0 Å². The number of benzene rings is 1. The second-order valence-corrected chi connectivity index (χ2v) is 7.40. The summed E-state index contributed by atoms with van der Waals surface area (Å²) in [4.78, 5) is 15.8. The maximum Gasteiger partial charge on any atom is 0.427 e. The van der Waals surface area contributed by atoms with Crippen LogP contribution >= 0.6 is 12.2 Å². The van der Waals surface area contributed by atoms with Gasteiger partial charge in [-0.05, 0) is 36.7 Å². The van der Waals surface area contributed by atoms with Crippen LogP contribution in [-0.2, 0) is 12.1 Å². The predicted octanol–water partition coefficient (Wildman–Crippen LogP) is 2.34. The van der Waals surface area contributed by atoms with E-state index in [1.165, 1.54) is 35.2 Å². The van der Waals surface area contributed by atoms with E-state index in [1.807, 2.05) is 0 Å². The SMILES string of the molecule is Nc1nccn(Cc2ccc3c(c2)NC(=S)NC3(C#CC2CC2)C(F)(F)F)c1=O. The normalized spacial score (nSPS) is 20.7. The number of halogens is 3. The van der Waals surface area contributed by atoms with Crippen LogP contribution in [0.1, 0.15) is 24.0 Å². The lowest BCUT2D eigenvalue weighted by Crippen LogP contribution is -2.59. The first-order valence-electron chi connectivity index (χ1n) is 8.82. The summed E-state index contributed by atoms with van der Waals surface area (Å²) in [5, 5.41) is 4.94. The van der Waals surface area contributed by atoms with Gasteiger partial charge in [-0.3, -0.25) is 4.79 Å². The van der Waals surface area contributed by atoms with Gasteiger partial charge in [-0.2, -0.15) is 13.2 Å². The average Bonchev–Trinajstić information content (AvgIpc) is 3.46. The number of hydrogen-bond acceptors (Lipinski definition) is 4. The lowest BCUT2D eigenvalue weighted by molar-refractivity contribution is -0.177. The van der Waals surface area contributed by atoms with E-state index >= 15 is 0 Å². The van der Waals surface area contributed by atoms with Crippen LogP contribution in [0.4, 0.5) is 24.7 Å². The zero-order valence-corrected chi connectivity index (χ0v) is 15.8. The van der Waals surface area contributed by atoms with Crippen LogP contribution in [0.2, 0.25) is 0 Å². The van der Waals surface area contributed by atoms with Gasteiger partial charge in [0.05, 0.1) is 6.54 Å². The van der Waals surface area contributed by atoms with Gasteiger partial charge in [-0.25, -0.2) is 4.98 Å². The molecule has 4 rings (SSSR count). The van der Waals surface area contributed by atoms with Crippen LogP contribution in [0.3, 0.4) is 0 Å². The number of nitrogens with one attached hydrogen (secondary N) is 2. The number of fused-ring (bicyclic) bond motifs is 1. The smallest absolute Gasteiger partial charge is 0.379 e. The molecule has 2 aromatic rings. The van der Waals surface area contributed by atoms with Crippen molar-refractivity contribution in [2.45, 2.75) is 31.1 Å². The summed E-state index contributed by atoms with van der Waals surface area (Å²) in [6, 6.07) is 4.42. The zero-order valence-electron chi connectivity index (χ0n) is 15.0. The van der Waals surface area contributed by atoms with Crippen LogP contribution in [0.5, 0.6) is 0 Å². The molecule has 4 N–H and O–H groups in total. The fourth-order valence-corrected chi connectivity index (χ4v) is 3.39. The van der Waals surface area contributed by atoms with Crippen molar-refractivity contribution in [3.63, 3.8) is 0 Å². The number of nitrogen functional groups attached to an aromatic ring is 1. The Kier molecular flexibility index (Phi) is 4.50. The van der Waals surface area contributed by atoms with Crippen molar-refractivity contribution in [3.8, 4) is 11.8 Å². The number of alkyl halides is 3. The Morgan fingerprint density at radius 2 is 2.14 bits per heavy atom. The van der Waals surface area contributed by atoms with Crippen LogP contribution in [0.15, 0.2) is 35.4 Å². The van der Waals surface area contributed by atoms with Gasteiger partial charge in [0.1, 0.15) is 0 Å². The molecule has 0 radical (unpaired) electrons. The van der Waals surface area contributed by atoms with E-state index in [1.54, 1.807) is 0 Å². The zero-order chi connectivity index (χ0) is 20.8. The molecule has 150 valence electrons. The van der Waals surface area contributed by atoms with Crippen molar-refractivity contribution in [2.24, 2.45) is 5.92 Å². The Bertz CT molecular complexity index is 1110. The molecule has 1 unspecified atom stereocenters. The third-order valence-electron chi connectivity index (χ3n) is 4.80. The Balaban J connectivity index is 1.78. The highest BCUT2D eigenvalue weighted by Gasteiger charge is 2.58. The summed E-state index contributed by atoms with van der Waals surface area (Å²) >= 11 is 5.04. The van der Waals surface area contributed by atoms with E-state index in [0.29, 0.717) is 5.56 Å². The molecule has 1 fully saturated rings. The van der Waals surface area contributed by atoms with Gasteiger partial charge in [0.15, 0.2) is 10.9 Å². The number of hydrogen-bond donors (Lipinski definition) is 3. The molecule has 1 atom stereocenters. The van der Waals surface area contributed by atoms with Crippen molar-refractivity contribution >= 4 is 28.8 Å². The molecule has 10 heteroatoms. The second kappa shape index (κ2) is 6.77. The molecule has 0 saturated heterocycles. The number of rotatable bonds is 2. The molecule has 0 spiro atoms. The molecule has 1 saturated carbocycles. The van der Waals surface area contributed by atoms with Gasteiger partial charge in [-0.15, -0.1) is 0 Å². The highest BCUT2D eigenvalue weighted by molar-refractivity contribution is 7.80. The standard InChI is InChI=1S/C19H16F3N5OS/c20-19(21,22)18(6-5-11-1-2-11)13-4-3-12(9-14(13)25-17(29)26-18)10-27-8-7-24-15(23)16(27)28/h3-4,7-9,11H,1-2,10H2,(H2,23,24)(H2,25,26,29). The molecule has 0 bridgehead atoms. The Labute approximate surface area is 169 Å². The minimum Gasteiger partial charge on any atom is -0.379 e. The fourth-order valence-electron chi connectivity index (χ4n) is 3.13. The summed E-state index contributed by atoms with van der Waals surface area (Å²) in [6.45, 7) is 0.119. The largest absolute Gasteiger partial charge is 0.427 e. The molecular weight excluding hydrogens is 403 g/mol. The molecule has 2 aliphatic rings. The molecule has 2 heterocycles. The van der Waals surface area contributed by atoms with Crippen molar-refractivity contribution in [3.05, 3.63) is 52.1 Å². The third kappa shape index (κ3) is 3.53. The number of anilines is 2. The van der Waals surface area contributed by atoms with Crippen molar-refractivity contribution in [2.75, 3.05) is 11.1 Å². The Morgan fingerprint density at radius 1 is 1.38 bits per heavy atom. The molecule has 1 aliphatic carbocycles. The van der Waals surface area contributed by atoms with Gasteiger partial charge >= 0.3 is 6.18 Å². The van der Waals surface area contributed by atoms with Crippen molar-refractivity contribution in [1.29, 1.82) is 0 Å². The van der Waals surface area contributed by atoms with Gasteiger partial charge in [-0.1, -0.05) is 24.0 Å².